The van der Waals surface area contributed by atoms with E-state index in [4.69, 9.17) is 0 Å². The molecule has 0 bridgehead atoms. The fraction of sp³-hybridized carbons (Fsp3) is 0.133. The summed E-state index contributed by atoms with van der Waals surface area (Å²) in [5, 5.41) is 22.1. The van der Waals surface area contributed by atoms with Crippen LogP contribution in [0.25, 0.3) is 0 Å². The van der Waals surface area contributed by atoms with Gasteiger partial charge in [0, 0.05) is 6.07 Å². The Morgan fingerprint density at radius 1 is 1.07 bits per heavy atom. The van der Waals surface area contributed by atoms with E-state index in [0.29, 0.717) is 5.56 Å². The lowest BCUT2D eigenvalue weighted by Crippen LogP contribution is -2.22. The van der Waals surface area contributed by atoms with E-state index >= 15 is 0 Å². The van der Waals surface area contributed by atoms with Crippen LogP contribution in [0.5, 0.6) is 0 Å². The summed E-state index contributed by atoms with van der Waals surface area (Å²) in [4.78, 5) is 31.1. The van der Waals surface area contributed by atoms with Crippen LogP contribution in [0.1, 0.15) is 11.1 Å². The first-order chi connectivity index (χ1) is 12.5. The molecule has 0 radical (unpaired) electrons. The first kappa shape index (κ1) is 19.8. The molecule has 8 nitrogen and oxygen atoms in total. The molecule has 2 aromatic carbocycles. The van der Waals surface area contributed by atoms with Crippen LogP contribution in [-0.4, -0.2) is 16.3 Å². The molecule has 2 aromatic rings. The number of rotatable bonds is 5. The van der Waals surface area contributed by atoms with Crippen LogP contribution in [0.4, 0.5) is 40.3 Å². The number of non-ortho nitro benzene ring substituents is 1. The highest BCUT2D eigenvalue weighted by Crippen LogP contribution is 2.46. The number of amides is 1. The number of hydrogen-bond acceptors (Lipinski definition) is 5. The van der Waals surface area contributed by atoms with E-state index < -0.39 is 50.2 Å². The van der Waals surface area contributed by atoms with Gasteiger partial charge in [-0.1, -0.05) is 6.07 Å². The van der Waals surface area contributed by atoms with Crippen molar-refractivity contribution in [3.63, 3.8) is 0 Å². The molecule has 1 amide bonds. The molecule has 0 N–H and O–H groups in total. The summed E-state index contributed by atoms with van der Waals surface area (Å²) in [5.41, 5.74) is -6.02. The second kappa shape index (κ2) is 6.97. The molecule has 0 fully saturated rings. The molecule has 27 heavy (non-hydrogen) atoms. The van der Waals surface area contributed by atoms with Gasteiger partial charge in [0.05, 0.1) is 27.2 Å². The zero-order chi connectivity index (χ0) is 20.5. The smallest absolute Gasteiger partial charge is 0.278 e. The number of hydrogen-bond donors (Lipinski definition) is 0. The number of carbonyl (C=O) groups excluding carboxylic acids is 1. The summed E-state index contributed by atoms with van der Waals surface area (Å²) in [6, 6.07) is 3.47. The minimum atomic E-state index is -5.30. The van der Waals surface area contributed by atoms with Gasteiger partial charge in [0.1, 0.15) is 11.5 Å². The second-order valence-electron chi connectivity index (χ2n) is 5.30. The van der Waals surface area contributed by atoms with Crippen molar-refractivity contribution < 1.29 is 32.2 Å². The van der Waals surface area contributed by atoms with Crippen molar-refractivity contribution in [1.29, 1.82) is 0 Å². The number of nitrogens with zero attached hydrogens (tertiary/aromatic N) is 3. The highest BCUT2D eigenvalue weighted by atomic mass is 19.4. The average Bonchev–Trinajstić information content (AvgIpc) is 2.55. The summed E-state index contributed by atoms with van der Waals surface area (Å²) in [5.74, 6) is -1.11. The molecule has 12 heteroatoms. The Hall–Kier alpha value is -3.57. The number of benzene rings is 2. The van der Waals surface area contributed by atoms with Gasteiger partial charge in [0.15, 0.2) is 0 Å². The Kier molecular flexibility index (Phi) is 5.10. The van der Waals surface area contributed by atoms with Gasteiger partial charge in [-0.15, -0.1) is 0 Å². The van der Waals surface area contributed by atoms with E-state index in [-0.39, 0.29) is 23.4 Å². The molecule has 0 saturated heterocycles. The largest absolute Gasteiger partial charge is 0.418 e. The first-order valence-corrected chi connectivity index (χ1v) is 7.02. The van der Waals surface area contributed by atoms with E-state index in [9.17, 15) is 42.6 Å². The quantitative estimate of drug-likeness (QED) is 0.330. The van der Waals surface area contributed by atoms with Gasteiger partial charge in [-0.05, 0) is 24.6 Å². The molecular weight excluding hydrogens is 378 g/mol. The Balaban J connectivity index is 2.92. The Bertz CT molecular complexity index is 946. The van der Waals surface area contributed by atoms with Crippen LogP contribution in [-0.2, 0) is 11.0 Å². The monoisotopic (exact) mass is 387 g/mol. The lowest BCUT2D eigenvalue weighted by Gasteiger charge is -2.22. The number of nitro benzene ring substituents is 2. The Morgan fingerprint density at radius 3 is 2.15 bits per heavy atom. The summed E-state index contributed by atoms with van der Waals surface area (Å²) in [6.07, 6.45) is -5.54. The van der Waals surface area contributed by atoms with Gasteiger partial charge in [-0.2, -0.15) is 13.2 Å². The molecule has 2 rings (SSSR count). The van der Waals surface area contributed by atoms with Gasteiger partial charge >= 0.3 is 11.9 Å². The number of halogens is 4. The van der Waals surface area contributed by atoms with Gasteiger partial charge in [0.25, 0.3) is 5.69 Å². The molecule has 0 saturated carbocycles. The third-order valence-corrected chi connectivity index (χ3v) is 3.50. The Morgan fingerprint density at radius 2 is 1.70 bits per heavy atom. The van der Waals surface area contributed by atoms with E-state index in [1.807, 2.05) is 0 Å². The zero-order valence-corrected chi connectivity index (χ0v) is 13.4. The molecule has 0 spiro atoms. The molecule has 142 valence electrons. The third kappa shape index (κ3) is 3.83. The minimum absolute atomic E-state index is 0.0466. The molecule has 0 aliphatic heterocycles. The lowest BCUT2D eigenvalue weighted by molar-refractivity contribution is -0.394. The van der Waals surface area contributed by atoms with Crippen molar-refractivity contribution in [2.24, 2.45) is 0 Å². The summed E-state index contributed by atoms with van der Waals surface area (Å²) >= 11 is 0. The molecule has 0 aliphatic carbocycles. The van der Waals surface area contributed by atoms with Crippen molar-refractivity contribution in [3.05, 3.63) is 67.5 Å². The maximum atomic E-state index is 14.2. The van der Waals surface area contributed by atoms with E-state index in [1.165, 1.54) is 13.0 Å². The van der Waals surface area contributed by atoms with Gasteiger partial charge in [0.2, 0.25) is 6.41 Å². The predicted molar refractivity (Wildman–Crippen MR) is 84.1 cm³/mol. The fourth-order valence-corrected chi connectivity index (χ4v) is 2.36. The van der Waals surface area contributed by atoms with Gasteiger partial charge in [-0.3, -0.25) is 29.9 Å². The first-order valence-electron chi connectivity index (χ1n) is 7.02. The molecular formula is C15H9F4N3O5. The van der Waals surface area contributed by atoms with E-state index in [0.717, 1.165) is 12.1 Å². The van der Waals surface area contributed by atoms with Crippen LogP contribution in [0, 0.1) is 33.0 Å². The zero-order valence-electron chi connectivity index (χ0n) is 13.4. The van der Waals surface area contributed by atoms with Crippen molar-refractivity contribution in [2.75, 3.05) is 4.90 Å². The number of alkyl halides is 3. The summed E-state index contributed by atoms with van der Waals surface area (Å²) < 4.78 is 54.5. The van der Waals surface area contributed by atoms with Crippen LogP contribution < -0.4 is 4.90 Å². The van der Waals surface area contributed by atoms with E-state index in [1.54, 1.807) is 0 Å². The second-order valence-corrected chi connectivity index (χ2v) is 5.30. The summed E-state index contributed by atoms with van der Waals surface area (Å²) in [7, 11) is 0. The molecule has 0 aromatic heterocycles. The normalized spacial score (nSPS) is 11.1. The summed E-state index contributed by atoms with van der Waals surface area (Å²) in [6.45, 7) is 1.48. The van der Waals surface area contributed by atoms with Crippen LogP contribution in [0.2, 0.25) is 0 Å². The van der Waals surface area contributed by atoms with Crippen LogP contribution in [0.15, 0.2) is 30.3 Å². The number of nitro groups is 2. The van der Waals surface area contributed by atoms with Crippen molar-refractivity contribution in [1.82, 2.24) is 0 Å². The van der Waals surface area contributed by atoms with Gasteiger partial charge in [-0.25, -0.2) is 4.39 Å². The average molecular weight is 387 g/mol. The molecule has 0 heterocycles. The number of carbonyl (C=O) groups is 1. The number of aryl methyl sites for hydroxylation is 1. The van der Waals surface area contributed by atoms with Crippen LogP contribution in [0.3, 0.4) is 0 Å². The topological polar surface area (TPSA) is 107 Å². The fourth-order valence-electron chi connectivity index (χ4n) is 2.36. The van der Waals surface area contributed by atoms with Gasteiger partial charge < -0.3 is 0 Å². The maximum Gasteiger partial charge on any atom is 0.418 e. The van der Waals surface area contributed by atoms with Crippen LogP contribution >= 0.6 is 0 Å². The lowest BCUT2D eigenvalue weighted by atomic mass is 10.1. The predicted octanol–water partition coefficient (Wildman–Crippen LogP) is 4.26. The standard InChI is InChI=1S/C15H9F4N3O5/c1-8-2-3-12(11(16)4-8)20(7-23)14-10(15(17,18)19)5-9(21(24)25)6-13(14)22(26)27/h2-7H,1H3. The molecule has 0 aliphatic rings. The van der Waals surface area contributed by atoms with Crippen molar-refractivity contribution >= 4 is 29.2 Å². The Labute approximate surface area is 147 Å². The van der Waals surface area contributed by atoms with Crippen molar-refractivity contribution in [2.45, 2.75) is 13.1 Å². The highest BCUT2D eigenvalue weighted by Gasteiger charge is 2.42. The maximum absolute atomic E-state index is 14.2. The minimum Gasteiger partial charge on any atom is -0.278 e. The molecule has 0 atom stereocenters. The van der Waals surface area contributed by atoms with E-state index in [2.05, 4.69) is 0 Å². The highest BCUT2D eigenvalue weighted by molar-refractivity contribution is 5.93. The molecule has 0 unspecified atom stereocenters. The SMILES string of the molecule is Cc1ccc(N(C=O)c2c([N+](=O)[O-])cc([N+](=O)[O-])cc2C(F)(F)F)c(F)c1. The van der Waals surface area contributed by atoms with Crippen molar-refractivity contribution in [3.8, 4) is 0 Å². The number of anilines is 2. The third-order valence-electron chi connectivity index (χ3n) is 3.50.